The molecule has 0 aliphatic rings. The fourth-order valence-corrected chi connectivity index (χ4v) is 9.09. The van der Waals surface area contributed by atoms with Crippen LogP contribution in [0.1, 0.15) is 259 Å². The Morgan fingerprint density at radius 3 is 0.882 bits per heavy atom. The summed E-state index contributed by atoms with van der Waals surface area (Å²) < 4.78 is 25.9. The summed E-state index contributed by atoms with van der Waals surface area (Å²) in [5.41, 5.74) is 0. The van der Waals surface area contributed by atoms with Crippen molar-refractivity contribution in [2.75, 3.05) is 11.5 Å². The quantitative estimate of drug-likeness (QED) is 0.0462. The number of allylic oxidation sites excluding steroid dienone is 4. The van der Waals surface area contributed by atoms with Gasteiger partial charge in [-0.2, -0.15) is 0 Å². The zero-order chi connectivity index (χ0) is 37.4. The first-order valence-electron chi connectivity index (χ1n) is 23.5. The largest absolute Gasteiger partial charge is 0.229 e. The van der Waals surface area contributed by atoms with Crippen LogP contribution in [0.3, 0.4) is 0 Å². The van der Waals surface area contributed by atoms with Gasteiger partial charge in [-0.05, 0) is 63.2 Å². The first kappa shape index (κ1) is 50.4. The number of unbranched alkanes of at least 4 members (excludes halogenated alkanes) is 26. The van der Waals surface area contributed by atoms with E-state index in [9.17, 15) is 8.42 Å². The van der Waals surface area contributed by atoms with Gasteiger partial charge in [-0.1, -0.05) is 232 Å². The van der Waals surface area contributed by atoms with E-state index in [1.165, 1.54) is 193 Å². The van der Waals surface area contributed by atoms with E-state index in [-0.39, 0.29) is 0 Å². The molecule has 0 rings (SSSR count). The highest BCUT2D eigenvalue weighted by molar-refractivity contribution is 7.91. The van der Waals surface area contributed by atoms with Crippen LogP contribution in [0.5, 0.6) is 0 Å². The molecule has 0 spiro atoms. The molecule has 2 unspecified atom stereocenters. The van der Waals surface area contributed by atoms with Crippen molar-refractivity contribution in [1.82, 2.24) is 0 Å². The topological polar surface area (TPSA) is 34.1 Å². The number of rotatable bonds is 42. The molecule has 0 saturated heterocycles. The van der Waals surface area contributed by atoms with E-state index >= 15 is 0 Å². The third-order valence-corrected chi connectivity index (χ3v) is 13.0. The number of hydrogen-bond donors (Lipinski definition) is 0. The Morgan fingerprint density at radius 2 is 0.588 bits per heavy atom. The molecule has 0 aromatic heterocycles. The molecule has 0 aliphatic heterocycles. The predicted molar refractivity (Wildman–Crippen MR) is 233 cm³/mol. The molecule has 0 bridgehead atoms. The minimum atomic E-state index is -2.94. The Bertz CT molecular complexity index is 766. The Balaban J connectivity index is 4.33. The Kier molecular flexibility index (Phi) is 40.2. The second kappa shape index (κ2) is 40.6. The van der Waals surface area contributed by atoms with Crippen molar-refractivity contribution < 1.29 is 8.42 Å². The van der Waals surface area contributed by atoms with Gasteiger partial charge in [-0.3, -0.25) is 0 Å². The van der Waals surface area contributed by atoms with Crippen molar-refractivity contribution in [1.29, 1.82) is 0 Å². The van der Waals surface area contributed by atoms with Gasteiger partial charge in [0, 0.05) is 0 Å². The highest BCUT2D eigenvalue weighted by Crippen LogP contribution is 2.23. The molecule has 0 aromatic rings. The average Bonchev–Trinajstić information content (AvgIpc) is 3.12. The summed E-state index contributed by atoms with van der Waals surface area (Å²) in [7, 11) is -2.94. The third kappa shape index (κ3) is 39.0. The maximum Gasteiger partial charge on any atom is 0.150 e. The molecule has 2 atom stereocenters. The minimum absolute atomic E-state index is 0.386. The van der Waals surface area contributed by atoms with Crippen molar-refractivity contribution >= 4 is 9.84 Å². The molecule has 0 aliphatic carbocycles. The second-order valence-corrected chi connectivity index (χ2v) is 18.8. The van der Waals surface area contributed by atoms with Gasteiger partial charge >= 0.3 is 0 Å². The van der Waals surface area contributed by atoms with Crippen LogP contribution >= 0.6 is 0 Å². The van der Waals surface area contributed by atoms with Crippen LogP contribution in [0, 0.1) is 11.8 Å². The first-order valence-corrected chi connectivity index (χ1v) is 25.3. The molecule has 0 N–H and O–H groups in total. The first-order chi connectivity index (χ1) is 25.0. The van der Waals surface area contributed by atoms with E-state index in [1.807, 2.05) is 0 Å². The smallest absolute Gasteiger partial charge is 0.150 e. The molecule has 0 aromatic carbocycles. The van der Waals surface area contributed by atoms with Crippen LogP contribution < -0.4 is 0 Å². The summed E-state index contributed by atoms with van der Waals surface area (Å²) in [6.45, 7) is 9.12. The van der Waals surface area contributed by atoms with Crippen LogP contribution in [0.2, 0.25) is 0 Å². The fraction of sp³-hybridized carbons (Fsp3) is 0.917. The van der Waals surface area contributed by atoms with Crippen molar-refractivity contribution in [2.24, 2.45) is 11.8 Å². The monoisotopic (exact) mass is 735 g/mol. The van der Waals surface area contributed by atoms with Gasteiger partial charge in [0.1, 0.15) is 9.84 Å². The SMILES string of the molecule is CCCCC=CC(CCCCCCCCCCCCC)CCCCS(=O)(=O)CCCCC(C=CCCCC)CCCCCCCCCCCCC. The summed E-state index contributed by atoms with van der Waals surface area (Å²) in [6, 6.07) is 0. The van der Waals surface area contributed by atoms with E-state index in [0.717, 1.165) is 38.5 Å². The number of sulfone groups is 1. The van der Waals surface area contributed by atoms with Crippen LogP contribution in [-0.2, 0) is 9.84 Å². The van der Waals surface area contributed by atoms with Crippen molar-refractivity contribution in [2.45, 2.75) is 259 Å². The molecular formula is C48H94O2S. The zero-order valence-corrected chi connectivity index (χ0v) is 36.4. The van der Waals surface area contributed by atoms with E-state index in [4.69, 9.17) is 0 Å². The van der Waals surface area contributed by atoms with E-state index < -0.39 is 9.84 Å². The molecule has 0 radical (unpaired) electrons. The van der Waals surface area contributed by atoms with Crippen molar-refractivity contribution in [3.63, 3.8) is 0 Å². The van der Waals surface area contributed by atoms with Crippen molar-refractivity contribution in [3.05, 3.63) is 24.3 Å². The molecule has 0 heterocycles. The summed E-state index contributed by atoms with van der Waals surface area (Å²) >= 11 is 0. The lowest BCUT2D eigenvalue weighted by molar-refractivity contribution is 0.471. The zero-order valence-electron chi connectivity index (χ0n) is 35.6. The van der Waals surface area contributed by atoms with Crippen LogP contribution in [0.15, 0.2) is 24.3 Å². The molecule has 0 saturated carbocycles. The summed E-state index contributed by atoms with van der Waals surface area (Å²) in [6.07, 6.45) is 56.5. The van der Waals surface area contributed by atoms with Gasteiger partial charge in [-0.15, -0.1) is 0 Å². The van der Waals surface area contributed by atoms with Gasteiger partial charge in [0.05, 0.1) is 11.5 Å². The standard InChI is InChI=1S/C48H94O2S/c1-5-9-13-17-19-21-23-25-27-29-33-41-47(39-31-15-11-7-3)43-35-37-45-51(49,50)46-38-36-44-48(40-32-16-12-8-4)42-34-30-28-26-24-22-20-18-14-10-6-2/h31-32,39-40,47-48H,5-30,33-38,41-46H2,1-4H3. The lowest BCUT2D eigenvalue weighted by atomic mass is 9.94. The van der Waals surface area contributed by atoms with Crippen LogP contribution in [0.4, 0.5) is 0 Å². The highest BCUT2D eigenvalue weighted by Gasteiger charge is 2.13. The Morgan fingerprint density at radius 1 is 0.333 bits per heavy atom. The van der Waals surface area contributed by atoms with Gasteiger partial charge < -0.3 is 0 Å². The van der Waals surface area contributed by atoms with Crippen LogP contribution in [-0.4, -0.2) is 19.9 Å². The molecule has 2 nitrogen and oxygen atoms in total. The lowest BCUT2D eigenvalue weighted by Crippen LogP contribution is -2.12. The maximum absolute atomic E-state index is 12.9. The summed E-state index contributed by atoms with van der Waals surface area (Å²) in [5.74, 6) is 2.03. The summed E-state index contributed by atoms with van der Waals surface area (Å²) in [4.78, 5) is 0. The predicted octanol–water partition coefficient (Wildman–Crippen LogP) is 16.9. The molecule has 51 heavy (non-hydrogen) atoms. The van der Waals surface area contributed by atoms with Gasteiger partial charge in [0.15, 0.2) is 0 Å². The highest BCUT2D eigenvalue weighted by atomic mass is 32.2. The van der Waals surface area contributed by atoms with E-state index in [2.05, 4.69) is 52.0 Å². The normalized spacial score (nSPS) is 13.6. The number of hydrogen-bond acceptors (Lipinski definition) is 2. The molecule has 0 fully saturated rings. The summed E-state index contributed by atoms with van der Waals surface area (Å²) in [5, 5.41) is 0. The Hall–Kier alpha value is -0.570. The lowest BCUT2D eigenvalue weighted by Gasteiger charge is -2.14. The van der Waals surface area contributed by atoms with Gasteiger partial charge in [0.25, 0.3) is 0 Å². The maximum atomic E-state index is 12.9. The third-order valence-electron chi connectivity index (χ3n) is 11.2. The molecule has 3 heteroatoms. The second-order valence-electron chi connectivity index (χ2n) is 16.5. The minimum Gasteiger partial charge on any atom is -0.229 e. The van der Waals surface area contributed by atoms with E-state index in [1.54, 1.807) is 0 Å². The molecular weight excluding hydrogens is 641 g/mol. The average molecular weight is 735 g/mol. The molecule has 0 amide bonds. The fourth-order valence-electron chi connectivity index (χ4n) is 7.60. The van der Waals surface area contributed by atoms with Crippen molar-refractivity contribution in [3.8, 4) is 0 Å². The van der Waals surface area contributed by atoms with Gasteiger partial charge in [0.2, 0.25) is 0 Å². The van der Waals surface area contributed by atoms with E-state index in [0.29, 0.717) is 23.3 Å². The van der Waals surface area contributed by atoms with Gasteiger partial charge in [-0.25, -0.2) is 8.42 Å². The molecule has 304 valence electrons. The Labute approximate surface area is 323 Å². The van der Waals surface area contributed by atoms with Crippen LogP contribution in [0.25, 0.3) is 0 Å².